The maximum Gasteiger partial charge on any atom is 0.203 e. The SMILES string of the molecule is O=S(=O)(CO)c1ccc(N2CCCCC2)nc1. The van der Waals surface area contributed by atoms with Gasteiger partial charge in [-0.05, 0) is 31.4 Å². The molecule has 1 aliphatic heterocycles. The fourth-order valence-electron chi connectivity index (χ4n) is 1.94. The fraction of sp³-hybridized carbons (Fsp3) is 0.545. The van der Waals surface area contributed by atoms with Gasteiger partial charge in [0.2, 0.25) is 9.84 Å². The molecule has 0 amide bonds. The first-order valence-electron chi connectivity index (χ1n) is 5.68. The lowest BCUT2D eigenvalue weighted by Crippen LogP contribution is -2.30. The standard InChI is InChI=1S/C11H16N2O3S/c14-9-17(15,16)10-4-5-11(12-8-10)13-6-2-1-3-7-13/h4-5,8,14H,1-3,6-7,9H2. The van der Waals surface area contributed by atoms with Crippen LogP contribution in [0.5, 0.6) is 0 Å². The second-order valence-corrected chi connectivity index (χ2v) is 6.10. The summed E-state index contributed by atoms with van der Waals surface area (Å²) in [7, 11) is -3.57. The first kappa shape index (κ1) is 12.3. The summed E-state index contributed by atoms with van der Waals surface area (Å²) < 4.78 is 22.8. The summed E-state index contributed by atoms with van der Waals surface area (Å²) in [5, 5.41) is 8.74. The highest BCUT2D eigenvalue weighted by molar-refractivity contribution is 7.91. The van der Waals surface area contributed by atoms with Crippen molar-refractivity contribution in [2.75, 3.05) is 23.9 Å². The fourth-order valence-corrected chi connectivity index (χ4v) is 2.58. The first-order chi connectivity index (χ1) is 8.13. The van der Waals surface area contributed by atoms with Gasteiger partial charge in [0.25, 0.3) is 0 Å². The Morgan fingerprint density at radius 2 is 1.94 bits per heavy atom. The Morgan fingerprint density at radius 3 is 2.47 bits per heavy atom. The number of aliphatic hydroxyl groups is 1. The van der Waals surface area contributed by atoms with Gasteiger partial charge in [0, 0.05) is 19.3 Å². The van der Waals surface area contributed by atoms with Crippen LogP contribution in [0.15, 0.2) is 23.2 Å². The summed E-state index contributed by atoms with van der Waals surface area (Å²) in [6.07, 6.45) is 4.86. The molecule has 0 atom stereocenters. The second kappa shape index (κ2) is 5.01. The van der Waals surface area contributed by atoms with Crippen molar-refractivity contribution in [1.82, 2.24) is 4.98 Å². The Labute approximate surface area is 101 Å². The van der Waals surface area contributed by atoms with Crippen molar-refractivity contribution in [2.45, 2.75) is 24.2 Å². The summed E-state index contributed by atoms with van der Waals surface area (Å²) in [5.41, 5.74) is 0. The van der Waals surface area contributed by atoms with Crippen LogP contribution in [-0.2, 0) is 9.84 Å². The van der Waals surface area contributed by atoms with Crippen LogP contribution in [0.25, 0.3) is 0 Å². The molecule has 1 N–H and O–H groups in total. The Balaban J connectivity index is 2.18. The average Bonchev–Trinajstić information content (AvgIpc) is 2.40. The van der Waals surface area contributed by atoms with E-state index in [-0.39, 0.29) is 4.90 Å². The van der Waals surface area contributed by atoms with Gasteiger partial charge in [-0.25, -0.2) is 13.4 Å². The Morgan fingerprint density at radius 1 is 1.24 bits per heavy atom. The van der Waals surface area contributed by atoms with Crippen molar-refractivity contribution in [3.63, 3.8) is 0 Å². The molecule has 6 heteroatoms. The molecule has 0 bridgehead atoms. The maximum atomic E-state index is 11.4. The highest BCUT2D eigenvalue weighted by Gasteiger charge is 2.15. The van der Waals surface area contributed by atoms with E-state index in [0.717, 1.165) is 31.7 Å². The van der Waals surface area contributed by atoms with Gasteiger partial charge >= 0.3 is 0 Å². The maximum absolute atomic E-state index is 11.4. The van der Waals surface area contributed by atoms with E-state index in [1.807, 2.05) is 0 Å². The summed E-state index contributed by atoms with van der Waals surface area (Å²) in [5.74, 6) is -0.0702. The van der Waals surface area contributed by atoms with Gasteiger partial charge in [-0.15, -0.1) is 0 Å². The minimum absolute atomic E-state index is 0.0701. The number of aromatic nitrogens is 1. The van der Waals surface area contributed by atoms with Gasteiger partial charge in [0.15, 0.2) is 0 Å². The lowest BCUT2D eigenvalue weighted by molar-refractivity contribution is 0.358. The molecule has 1 fully saturated rings. The molecule has 1 saturated heterocycles. The summed E-state index contributed by atoms with van der Waals surface area (Å²) in [6.45, 7) is 1.94. The van der Waals surface area contributed by atoms with Crippen LogP contribution < -0.4 is 4.90 Å². The average molecular weight is 256 g/mol. The smallest absolute Gasteiger partial charge is 0.203 e. The molecule has 94 valence electrons. The molecule has 0 aromatic carbocycles. The Hall–Kier alpha value is -1.14. The molecule has 0 radical (unpaired) electrons. The zero-order valence-electron chi connectivity index (χ0n) is 9.54. The molecule has 17 heavy (non-hydrogen) atoms. The van der Waals surface area contributed by atoms with Crippen LogP contribution in [0.1, 0.15) is 19.3 Å². The minimum atomic E-state index is -3.57. The van der Waals surface area contributed by atoms with E-state index >= 15 is 0 Å². The third-order valence-corrected chi connectivity index (χ3v) is 4.23. The molecule has 5 nitrogen and oxygen atoms in total. The van der Waals surface area contributed by atoms with E-state index in [0.29, 0.717) is 0 Å². The lowest BCUT2D eigenvalue weighted by atomic mass is 10.1. The van der Waals surface area contributed by atoms with Crippen LogP contribution in [0.2, 0.25) is 0 Å². The van der Waals surface area contributed by atoms with Gasteiger partial charge in [-0.2, -0.15) is 0 Å². The van der Waals surface area contributed by atoms with Crippen molar-refractivity contribution in [3.8, 4) is 0 Å². The number of pyridine rings is 1. The number of sulfone groups is 1. The Bertz CT molecular complexity index is 464. The largest absolute Gasteiger partial charge is 0.380 e. The molecule has 0 saturated carbocycles. The highest BCUT2D eigenvalue weighted by atomic mass is 32.2. The van der Waals surface area contributed by atoms with E-state index in [1.165, 1.54) is 18.7 Å². The lowest BCUT2D eigenvalue weighted by Gasteiger charge is -2.27. The molecule has 1 aromatic heterocycles. The van der Waals surface area contributed by atoms with Gasteiger partial charge in [0.05, 0.1) is 4.90 Å². The third kappa shape index (κ3) is 2.76. The third-order valence-electron chi connectivity index (χ3n) is 2.93. The van der Waals surface area contributed by atoms with Crippen molar-refractivity contribution >= 4 is 15.7 Å². The number of anilines is 1. The van der Waals surface area contributed by atoms with Crippen molar-refractivity contribution in [3.05, 3.63) is 18.3 Å². The molecule has 0 spiro atoms. The molecule has 1 aromatic rings. The van der Waals surface area contributed by atoms with Gasteiger partial charge < -0.3 is 10.0 Å². The van der Waals surface area contributed by atoms with Crippen LogP contribution in [0.3, 0.4) is 0 Å². The van der Waals surface area contributed by atoms with E-state index in [2.05, 4.69) is 9.88 Å². The van der Waals surface area contributed by atoms with Crippen molar-refractivity contribution in [2.24, 2.45) is 0 Å². The van der Waals surface area contributed by atoms with Gasteiger partial charge in [0.1, 0.15) is 11.8 Å². The number of hydrogen-bond donors (Lipinski definition) is 1. The van der Waals surface area contributed by atoms with Crippen LogP contribution >= 0.6 is 0 Å². The summed E-state index contributed by atoms with van der Waals surface area (Å²) >= 11 is 0. The van der Waals surface area contributed by atoms with Crippen LogP contribution in [-0.4, -0.2) is 37.5 Å². The summed E-state index contributed by atoms with van der Waals surface area (Å²) in [6, 6.07) is 3.20. The first-order valence-corrected chi connectivity index (χ1v) is 7.33. The summed E-state index contributed by atoms with van der Waals surface area (Å²) in [4.78, 5) is 6.37. The quantitative estimate of drug-likeness (QED) is 0.866. The second-order valence-electron chi connectivity index (χ2n) is 4.14. The minimum Gasteiger partial charge on any atom is -0.380 e. The van der Waals surface area contributed by atoms with E-state index in [4.69, 9.17) is 5.11 Å². The van der Waals surface area contributed by atoms with Crippen LogP contribution in [0, 0.1) is 0 Å². The number of piperidine rings is 1. The number of nitrogens with zero attached hydrogens (tertiary/aromatic N) is 2. The normalized spacial score (nSPS) is 17.1. The predicted molar refractivity (Wildman–Crippen MR) is 64.6 cm³/mol. The van der Waals surface area contributed by atoms with Crippen molar-refractivity contribution in [1.29, 1.82) is 0 Å². The predicted octanol–water partition coefficient (Wildman–Crippen LogP) is 0.795. The van der Waals surface area contributed by atoms with E-state index in [9.17, 15) is 8.42 Å². The molecule has 0 unspecified atom stereocenters. The molecule has 2 heterocycles. The van der Waals surface area contributed by atoms with E-state index in [1.54, 1.807) is 6.07 Å². The zero-order chi connectivity index (χ0) is 12.3. The molecule has 2 rings (SSSR count). The monoisotopic (exact) mass is 256 g/mol. The number of aliphatic hydroxyl groups excluding tert-OH is 1. The number of rotatable bonds is 3. The van der Waals surface area contributed by atoms with Gasteiger partial charge in [-0.3, -0.25) is 0 Å². The zero-order valence-corrected chi connectivity index (χ0v) is 10.4. The van der Waals surface area contributed by atoms with Crippen molar-refractivity contribution < 1.29 is 13.5 Å². The Kier molecular flexibility index (Phi) is 3.63. The topological polar surface area (TPSA) is 70.5 Å². The number of hydrogen-bond acceptors (Lipinski definition) is 5. The van der Waals surface area contributed by atoms with Gasteiger partial charge in [-0.1, -0.05) is 0 Å². The van der Waals surface area contributed by atoms with E-state index < -0.39 is 15.8 Å². The molecule has 0 aliphatic carbocycles. The van der Waals surface area contributed by atoms with Crippen LogP contribution in [0.4, 0.5) is 5.82 Å². The molecule has 1 aliphatic rings. The molecular formula is C11H16N2O3S. The highest BCUT2D eigenvalue weighted by Crippen LogP contribution is 2.19. The molecular weight excluding hydrogens is 240 g/mol.